The van der Waals surface area contributed by atoms with E-state index in [0.29, 0.717) is 6.04 Å². The Morgan fingerprint density at radius 2 is 1.27 bits per heavy atom. The minimum atomic E-state index is 0.717. The molecule has 1 aliphatic rings. The highest BCUT2D eigenvalue weighted by Gasteiger charge is 2.10. The van der Waals surface area contributed by atoms with E-state index in [-0.39, 0.29) is 0 Å². The lowest BCUT2D eigenvalue weighted by molar-refractivity contribution is 0.389. The van der Waals surface area contributed by atoms with Gasteiger partial charge in [-0.15, -0.1) is 0 Å². The SMILES string of the molecule is c1ccc(-c2ccc(CNC3CCCCCCC3)cc2)cc1. The summed E-state index contributed by atoms with van der Waals surface area (Å²) in [5, 5.41) is 3.76. The van der Waals surface area contributed by atoms with Gasteiger partial charge in [-0.05, 0) is 29.5 Å². The van der Waals surface area contributed by atoms with Crippen LogP contribution in [0.15, 0.2) is 54.6 Å². The van der Waals surface area contributed by atoms with E-state index in [1.807, 2.05) is 0 Å². The van der Waals surface area contributed by atoms with Crippen LogP contribution in [0.1, 0.15) is 50.5 Å². The van der Waals surface area contributed by atoms with Crippen LogP contribution in [-0.4, -0.2) is 6.04 Å². The average molecular weight is 293 g/mol. The van der Waals surface area contributed by atoms with Gasteiger partial charge in [-0.2, -0.15) is 0 Å². The van der Waals surface area contributed by atoms with E-state index >= 15 is 0 Å². The Balaban J connectivity index is 1.54. The Bertz CT molecular complexity index is 536. The van der Waals surface area contributed by atoms with E-state index in [9.17, 15) is 0 Å². The van der Waals surface area contributed by atoms with Crippen LogP contribution in [-0.2, 0) is 6.54 Å². The molecule has 0 aliphatic heterocycles. The van der Waals surface area contributed by atoms with Crippen molar-refractivity contribution in [3.63, 3.8) is 0 Å². The molecule has 0 unspecified atom stereocenters. The summed E-state index contributed by atoms with van der Waals surface area (Å²) in [5.41, 5.74) is 3.99. The first-order valence-electron chi connectivity index (χ1n) is 8.79. The smallest absolute Gasteiger partial charge is 0.0208 e. The zero-order valence-electron chi connectivity index (χ0n) is 13.4. The van der Waals surface area contributed by atoms with Gasteiger partial charge in [0.15, 0.2) is 0 Å². The molecule has 1 N–H and O–H groups in total. The lowest BCUT2D eigenvalue weighted by atomic mass is 9.96. The summed E-state index contributed by atoms with van der Waals surface area (Å²) < 4.78 is 0. The van der Waals surface area contributed by atoms with E-state index in [0.717, 1.165) is 6.54 Å². The maximum absolute atomic E-state index is 3.76. The average Bonchev–Trinajstić information content (AvgIpc) is 2.55. The molecule has 0 bridgehead atoms. The second-order valence-corrected chi connectivity index (χ2v) is 6.49. The van der Waals surface area contributed by atoms with E-state index in [1.54, 1.807) is 0 Å². The van der Waals surface area contributed by atoms with Gasteiger partial charge in [0.2, 0.25) is 0 Å². The molecule has 1 nitrogen and oxygen atoms in total. The monoisotopic (exact) mass is 293 g/mol. The first-order chi connectivity index (χ1) is 10.9. The van der Waals surface area contributed by atoms with Crippen molar-refractivity contribution in [3.8, 4) is 11.1 Å². The van der Waals surface area contributed by atoms with E-state index in [4.69, 9.17) is 0 Å². The normalized spacial score (nSPS) is 16.9. The van der Waals surface area contributed by atoms with Gasteiger partial charge in [0.05, 0.1) is 0 Å². The van der Waals surface area contributed by atoms with Crippen molar-refractivity contribution in [1.82, 2.24) is 5.32 Å². The lowest BCUT2D eigenvalue weighted by Gasteiger charge is -2.21. The number of hydrogen-bond acceptors (Lipinski definition) is 1. The zero-order chi connectivity index (χ0) is 15.0. The molecule has 1 saturated carbocycles. The van der Waals surface area contributed by atoms with E-state index in [1.165, 1.54) is 61.6 Å². The highest BCUT2D eigenvalue weighted by molar-refractivity contribution is 5.63. The van der Waals surface area contributed by atoms with Gasteiger partial charge < -0.3 is 5.32 Å². The standard InChI is InChI=1S/C21H27N/c1-2-7-11-21(12-8-3-1)22-17-18-13-15-20(16-14-18)19-9-5-4-6-10-19/h4-6,9-10,13-16,21-22H,1-3,7-8,11-12,17H2. The molecule has 0 heterocycles. The van der Waals surface area contributed by atoms with Crippen molar-refractivity contribution < 1.29 is 0 Å². The Kier molecular flexibility index (Phi) is 5.66. The minimum Gasteiger partial charge on any atom is -0.310 e. The maximum atomic E-state index is 3.76. The third-order valence-electron chi connectivity index (χ3n) is 4.76. The third kappa shape index (κ3) is 4.45. The van der Waals surface area contributed by atoms with Crippen LogP contribution in [0, 0.1) is 0 Å². The molecule has 0 radical (unpaired) electrons. The van der Waals surface area contributed by atoms with E-state index in [2.05, 4.69) is 59.9 Å². The van der Waals surface area contributed by atoms with Crippen molar-refractivity contribution in [2.24, 2.45) is 0 Å². The number of hydrogen-bond donors (Lipinski definition) is 1. The van der Waals surface area contributed by atoms with Crippen molar-refractivity contribution in [2.75, 3.05) is 0 Å². The fourth-order valence-corrected chi connectivity index (χ4v) is 3.37. The molecule has 22 heavy (non-hydrogen) atoms. The van der Waals surface area contributed by atoms with Crippen LogP contribution in [0.3, 0.4) is 0 Å². The molecule has 0 saturated heterocycles. The number of rotatable bonds is 4. The summed E-state index contributed by atoms with van der Waals surface area (Å²) in [6, 6.07) is 20.3. The van der Waals surface area contributed by atoms with Gasteiger partial charge in [0, 0.05) is 12.6 Å². The predicted octanol–water partition coefficient (Wildman–Crippen LogP) is 5.56. The Labute approximate surface area is 134 Å². The van der Waals surface area contributed by atoms with Crippen molar-refractivity contribution in [2.45, 2.75) is 57.5 Å². The van der Waals surface area contributed by atoms with Crippen LogP contribution in [0.5, 0.6) is 0 Å². The Hall–Kier alpha value is -1.60. The Morgan fingerprint density at radius 1 is 0.682 bits per heavy atom. The van der Waals surface area contributed by atoms with Crippen LogP contribution in [0.2, 0.25) is 0 Å². The molecule has 2 aromatic carbocycles. The molecule has 1 heteroatoms. The maximum Gasteiger partial charge on any atom is 0.0208 e. The second-order valence-electron chi connectivity index (χ2n) is 6.49. The summed E-state index contributed by atoms with van der Waals surface area (Å²) in [6.07, 6.45) is 9.76. The molecule has 0 aromatic heterocycles. The number of nitrogens with one attached hydrogen (secondary N) is 1. The molecule has 0 amide bonds. The third-order valence-corrected chi connectivity index (χ3v) is 4.76. The fraction of sp³-hybridized carbons (Fsp3) is 0.429. The second kappa shape index (κ2) is 8.14. The summed E-state index contributed by atoms with van der Waals surface area (Å²) in [4.78, 5) is 0. The minimum absolute atomic E-state index is 0.717. The first kappa shape index (κ1) is 15.3. The molecule has 0 atom stereocenters. The van der Waals surface area contributed by atoms with Crippen LogP contribution >= 0.6 is 0 Å². The van der Waals surface area contributed by atoms with Gasteiger partial charge in [0.1, 0.15) is 0 Å². The first-order valence-corrected chi connectivity index (χ1v) is 8.79. The summed E-state index contributed by atoms with van der Waals surface area (Å²) >= 11 is 0. The summed E-state index contributed by atoms with van der Waals surface area (Å²) in [6.45, 7) is 1.000. The van der Waals surface area contributed by atoms with Gasteiger partial charge in [-0.25, -0.2) is 0 Å². The molecular weight excluding hydrogens is 266 g/mol. The lowest BCUT2D eigenvalue weighted by Crippen LogP contribution is -2.29. The Morgan fingerprint density at radius 3 is 1.95 bits per heavy atom. The fourth-order valence-electron chi connectivity index (χ4n) is 3.37. The van der Waals surface area contributed by atoms with Crippen molar-refractivity contribution in [3.05, 3.63) is 60.2 Å². The molecule has 116 valence electrons. The highest BCUT2D eigenvalue weighted by atomic mass is 14.9. The zero-order valence-corrected chi connectivity index (χ0v) is 13.4. The molecule has 1 aliphatic carbocycles. The van der Waals surface area contributed by atoms with Gasteiger partial charge in [-0.3, -0.25) is 0 Å². The van der Waals surface area contributed by atoms with Gasteiger partial charge >= 0.3 is 0 Å². The molecule has 1 fully saturated rings. The predicted molar refractivity (Wildman–Crippen MR) is 94.8 cm³/mol. The molecule has 0 spiro atoms. The number of benzene rings is 2. The van der Waals surface area contributed by atoms with Crippen molar-refractivity contribution >= 4 is 0 Å². The quantitative estimate of drug-likeness (QED) is 0.778. The summed E-state index contributed by atoms with van der Waals surface area (Å²) in [7, 11) is 0. The largest absolute Gasteiger partial charge is 0.310 e. The van der Waals surface area contributed by atoms with Crippen molar-refractivity contribution in [1.29, 1.82) is 0 Å². The molecular formula is C21H27N. The molecule has 2 aromatic rings. The van der Waals surface area contributed by atoms with Crippen LogP contribution < -0.4 is 5.32 Å². The summed E-state index contributed by atoms with van der Waals surface area (Å²) in [5.74, 6) is 0. The molecule has 3 rings (SSSR count). The van der Waals surface area contributed by atoms with Gasteiger partial charge in [-0.1, -0.05) is 86.7 Å². The van der Waals surface area contributed by atoms with Crippen LogP contribution in [0.25, 0.3) is 11.1 Å². The topological polar surface area (TPSA) is 12.0 Å². The van der Waals surface area contributed by atoms with Crippen LogP contribution in [0.4, 0.5) is 0 Å². The van der Waals surface area contributed by atoms with Gasteiger partial charge in [0.25, 0.3) is 0 Å². The highest BCUT2D eigenvalue weighted by Crippen LogP contribution is 2.20. The van der Waals surface area contributed by atoms with E-state index < -0.39 is 0 Å².